The number of nitro groups is 1. The molecule has 1 aliphatic heterocycles. The van der Waals surface area contributed by atoms with Gasteiger partial charge in [0, 0.05) is 24.7 Å². The number of likely N-dealkylation sites (tertiary alicyclic amines) is 1. The molecular weight excluding hydrogens is 312 g/mol. The van der Waals surface area contributed by atoms with Crippen LogP contribution in [-0.2, 0) is 4.79 Å². The zero-order chi connectivity index (χ0) is 17.7. The number of anilines is 1. The average molecular weight is 336 g/mol. The molecule has 8 heteroatoms. The van der Waals surface area contributed by atoms with Crippen LogP contribution in [0.1, 0.15) is 19.8 Å². The van der Waals surface area contributed by atoms with Crippen LogP contribution in [0.5, 0.6) is 5.75 Å². The van der Waals surface area contributed by atoms with Gasteiger partial charge in [0.25, 0.3) is 5.69 Å². The Morgan fingerprint density at radius 2 is 2.25 bits per heavy atom. The van der Waals surface area contributed by atoms with Crippen molar-refractivity contribution in [3.63, 3.8) is 0 Å². The van der Waals surface area contributed by atoms with Crippen molar-refractivity contribution in [2.75, 3.05) is 32.6 Å². The van der Waals surface area contributed by atoms with Gasteiger partial charge < -0.3 is 15.4 Å². The third kappa shape index (κ3) is 4.21. The SMILES string of the molecule is CNC1CCCN(C(C)C(=O)Nc2cc([N+](=O)[O-])ccc2OC)C1. The Morgan fingerprint density at radius 3 is 2.88 bits per heavy atom. The maximum atomic E-state index is 12.6. The molecule has 1 heterocycles. The molecule has 24 heavy (non-hydrogen) atoms. The van der Waals surface area contributed by atoms with Crippen LogP contribution < -0.4 is 15.4 Å². The lowest BCUT2D eigenvalue weighted by atomic mass is 10.0. The molecule has 2 unspecified atom stereocenters. The number of nitro benzene ring substituents is 1. The topological polar surface area (TPSA) is 96.7 Å². The number of piperidine rings is 1. The lowest BCUT2D eigenvalue weighted by molar-refractivity contribution is -0.384. The Labute approximate surface area is 141 Å². The number of likely N-dealkylation sites (N-methyl/N-ethyl adjacent to an activating group) is 1. The van der Waals surface area contributed by atoms with Crippen LogP contribution >= 0.6 is 0 Å². The Hall–Kier alpha value is -2.19. The maximum absolute atomic E-state index is 12.6. The van der Waals surface area contributed by atoms with Gasteiger partial charge in [0.05, 0.1) is 23.8 Å². The predicted octanol–water partition coefficient (Wildman–Crippen LogP) is 1.61. The molecule has 1 saturated heterocycles. The summed E-state index contributed by atoms with van der Waals surface area (Å²) in [5, 5.41) is 16.9. The van der Waals surface area contributed by atoms with Gasteiger partial charge in [-0.15, -0.1) is 0 Å². The third-order valence-electron chi connectivity index (χ3n) is 4.44. The number of non-ortho nitro benzene ring substituents is 1. The van der Waals surface area contributed by atoms with Crippen molar-refractivity contribution in [1.29, 1.82) is 0 Å². The molecule has 0 bridgehead atoms. The fraction of sp³-hybridized carbons (Fsp3) is 0.562. The number of nitrogens with one attached hydrogen (secondary N) is 2. The fourth-order valence-electron chi connectivity index (χ4n) is 2.90. The third-order valence-corrected chi connectivity index (χ3v) is 4.44. The molecule has 8 nitrogen and oxygen atoms in total. The van der Waals surface area contributed by atoms with E-state index in [1.807, 2.05) is 14.0 Å². The highest BCUT2D eigenvalue weighted by Gasteiger charge is 2.27. The summed E-state index contributed by atoms with van der Waals surface area (Å²) in [4.78, 5) is 25.1. The first kappa shape index (κ1) is 18.2. The van der Waals surface area contributed by atoms with Crippen LogP contribution in [0, 0.1) is 10.1 Å². The summed E-state index contributed by atoms with van der Waals surface area (Å²) in [6.45, 7) is 3.51. The summed E-state index contributed by atoms with van der Waals surface area (Å²) < 4.78 is 5.18. The number of amides is 1. The van der Waals surface area contributed by atoms with Crippen molar-refractivity contribution >= 4 is 17.3 Å². The summed E-state index contributed by atoms with van der Waals surface area (Å²) in [6, 6.07) is 4.19. The van der Waals surface area contributed by atoms with E-state index in [1.54, 1.807) is 0 Å². The molecule has 1 amide bonds. The minimum absolute atomic E-state index is 0.0908. The first-order valence-electron chi connectivity index (χ1n) is 8.01. The van der Waals surface area contributed by atoms with Crippen LogP contribution in [0.25, 0.3) is 0 Å². The first-order valence-corrected chi connectivity index (χ1v) is 8.01. The lowest BCUT2D eigenvalue weighted by Gasteiger charge is -2.36. The smallest absolute Gasteiger partial charge is 0.271 e. The number of hydrogen-bond acceptors (Lipinski definition) is 6. The largest absolute Gasteiger partial charge is 0.495 e. The van der Waals surface area contributed by atoms with E-state index in [2.05, 4.69) is 15.5 Å². The molecular formula is C16H24N4O4. The number of methoxy groups -OCH3 is 1. The van der Waals surface area contributed by atoms with E-state index in [-0.39, 0.29) is 17.6 Å². The zero-order valence-corrected chi connectivity index (χ0v) is 14.2. The monoisotopic (exact) mass is 336 g/mol. The van der Waals surface area contributed by atoms with Gasteiger partial charge in [0.15, 0.2) is 0 Å². The molecule has 2 atom stereocenters. The Balaban J connectivity index is 2.10. The number of rotatable bonds is 6. The van der Waals surface area contributed by atoms with Gasteiger partial charge >= 0.3 is 0 Å². The molecule has 0 saturated carbocycles. The number of hydrogen-bond donors (Lipinski definition) is 2. The molecule has 1 aliphatic rings. The zero-order valence-electron chi connectivity index (χ0n) is 14.2. The lowest BCUT2D eigenvalue weighted by Crippen LogP contribution is -2.51. The fourth-order valence-corrected chi connectivity index (χ4v) is 2.90. The van der Waals surface area contributed by atoms with Crippen LogP contribution in [-0.4, -0.2) is 55.1 Å². The number of carbonyl (C=O) groups is 1. The van der Waals surface area contributed by atoms with Crippen molar-refractivity contribution in [2.24, 2.45) is 0 Å². The van der Waals surface area contributed by atoms with Crippen LogP contribution in [0.4, 0.5) is 11.4 Å². The van der Waals surface area contributed by atoms with E-state index in [4.69, 9.17) is 4.74 Å². The Morgan fingerprint density at radius 1 is 1.50 bits per heavy atom. The van der Waals surface area contributed by atoms with Gasteiger partial charge in [-0.25, -0.2) is 0 Å². The molecule has 2 rings (SSSR count). The average Bonchev–Trinajstić information content (AvgIpc) is 2.60. The Bertz CT molecular complexity index is 608. The summed E-state index contributed by atoms with van der Waals surface area (Å²) >= 11 is 0. The summed E-state index contributed by atoms with van der Waals surface area (Å²) in [5.41, 5.74) is 0.220. The predicted molar refractivity (Wildman–Crippen MR) is 91.4 cm³/mol. The van der Waals surface area contributed by atoms with Crippen LogP contribution in [0.15, 0.2) is 18.2 Å². The van der Waals surface area contributed by atoms with Crippen molar-refractivity contribution in [2.45, 2.75) is 31.8 Å². The van der Waals surface area contributed by atoms with Gasteiger partial charge in [0.2, 0.25) is 5.91 Å². The van der Waals surface area contributed by atoms with Crippen LogP contribution in [0.2, 0.25) is 0 Å². The molecule has 0 aromatic heterocycles. The molecule has 1 aromatic rings. The molecule has 0 radical (unpaired) electrons. The second-order valence-electron chi connectivity index (χ2n) is 5.93. The van der Waals surface area contributed by atoms with E-state index in [0.29, 0.717) is 17.5 Å². The first-order chi connectivity index (χ1) is 11.5. The van der Waals surface area contributed by atoms with E-state index in [0.717, 1.165) is 25.9 Å². The summed E-state index contributed by atoms with van der Waals surface area (Å²) in [5.74, 6) is 0.193. The van der Waals surface area contributed by atoms with Crippen LogP contribution in [0.3, 0.4) is 0 Å². The standard InChI is InChI=1S/C16H24N4O4/c1-11(19-8-4-5-12(10-19)17-2)16(21)18-14-9-13(20(22)23)6-7-15(14)24-3/h6-7,9,11-12,17H,4-5,8,10H2,1-3H3,(H,18,21). The molecule has 0 spiro atoms. The molecule has 132 valence electrons. The maximum Gasteiger partial charge on any atom is 0.271 e. The number of carbonyl (C=O) groups excluding carboxylic acids is 1. The second kappa shape index (κ2) is 8.07. The summed E-state index contributed by atoms with van der Waals surface area (Å²) in [6.07, 6.45) is 2.13. The van der Waals surface area contributed by atoms with E-state index >= 15 is 0 Å². The van der Waals surface area contributed by atoms with E-state index in [1.165, 1.54) is 25.3 Å². The Kier molecular flexibility index (Phi) is 6.10. The quantitative estimate of drug-likeness (QED) is 0.605. The van der Waals surface area contributed by atoms with Crippen molar-refractivity contribution in [3.05, 3.63) is 28.3 Å². The molecule has 0 aliphatic carbocycles. The van der Waals surface area contributed by atoms with Crippen molar-refractivity contribution < 1.29 is 14.5 Å². The summed E-state index contributed by atoms with van der Waals surface area (Å²) in [7, 11) is 3.38. The number of benzene rings is 1. The number of ether oxygens (including phenoxy) is 1. The van der Waals surface area contributed by atoms with Gasteiger partial charge in [-0.1, -0.05) is 0 Å². The van der Waals surface area contributed by atoms with Gasteiger partial charge in [0.1, 0.15) is 5.75 Å². The van der Waals surface area contributed by atoms with E-state index in [9.17, 15) is 14.9 Å². The molecule has 2 N–H and O–H groups in total. The van der Waals surface area contributed by atoms with E-state index < -0.39 is 4.92 Å². The minimum Gasteiger partial charge on any atom is -0.495 e. The van der Waals surface area contributed by atoms with Gasteiger partial charge in [-0.05, 0) is 39.4 Å². The normalized spacial score (nSPS) is 19.5. The molecule has 1 aromatic carbocycles. The van der Waals surface area contributed by atoms with Gasteiger partial charge in [-0.2, -0.15) is 0 Å². The minimum atomic E-state index is -0.499. The number of nitrogens with zero attached hydrogens (tertiary/aromatic N) is 2. The molecule has 1 fully saturated rings. The van der Waals surface area contributed by atoms with Crippen molar-refractivity contribution in [3.8, 4) is 5.75 Å². The van der Waals surface area contributed by atoms with Gasteiger partial charge in [-0.3, -0.25) is 19.8 Å². The highest BCUT2D eigenvalue weighted by atomic mass is 16.6. The highest BCUT2D eigenvalue weighted by molar-refractivity contribution is 5.96. The second-order valence-corrected chi connectivity index (χ2v) is 5.93. The van der Waals surface area contributed by atoms with Crippen molar-refractivity contribution in [1.82, 2.24) is 10.2 Å². The highest BCUT2D eigenvalue weighted by Crippen LogP contribution is 2.29.